The van der Waals surface area contributed by atoms with Gasteiger partial charge in [0.2, 0.25) is 5.91 Å². The van der Waals surface area contributed by atoms with Gasteiger partial charge in [0.15, 0.2) is 4.77 Å². The van der Waals surface area contributed by atoms with Crippen molar-refractivity contribution < 1.29 is 22.4 Å². The maximum absolute atomic E-state index is 14.5. The van der Waals surface area contributed by atoms with Gasteiger partial charge < -0.3 is 14.5 Å². The number of carbonyl (C=O) groups excluding carboxylic acids is 1. The highest BCUT2D eigenvalue weighted by Gasteiger charge is 2.63. The van der Waals surface area contributed by atoms with Crippen molar-refractivity contribution >= 4 is 29.7 Å². The number of amides is 1. The van der Waals surface area contributed by atoms with Gasteiger partial charge in [0.05, 0.1) is 6.42 Å². The van der Waals surface area contributed by atoms with E-state index >= 15 is 0 Å². The molecular weight excluding hydrogens is 418 g/mol. The highest BCUT2D eigenvalue weighted by Crippen LogP contribution is 2.66. The predicted octanol–water partition coefficient (Wildman–Crippen LogP) is 4.01. The maximum Gasteiger partial charge on any atom is 0.405 e. The molecule has 4 nitrogen and oxygen atoms in total. The summed E-state index contributed by atoms with van der Waals surface area (Å²) in [6.45, 7) is -0.922. The van der Waals surface area contributed by atoms with Gasteiger partial charge in [-0.1, -0.05) is 11.6 Å². The molecule has 28 heavy (non-hydrogen) atoms. The van der Waals surface area contributed by atoms with E-state index in [0.29, 0.717) is 34.0 Å². The first-order valence-electron chi connectivity index (χ1n) is 8.61. The Morgan fingerprint density at radius 1 is 1.43 bits per heavy atom. The largest absolute Gasteiger partial charge is 0.405 e. The molecule has 1 aliphatic carbocycles. The van der Waals surface area contributed by atoms with Gasteiger partial charge in [0.25, 0.3) is 0 Å². The van der Waals surface area contributed by atoms with Crippen LogP contribution in [-0.4, -0.2) is 27.8 Å². The van der Waals surface area contributed by atoms with Crippen molar-refractivity contribution in [2.24, 2.45) is 7.05 Å². The zero-order valence-corrected chi connectivity index (χ0v) is 16.3. The number of fused-ring (bicyclic) bond motifs is 3. The summed E-state index contributed by atoms with van der Waals surface area (Å²) >= 11 is 11.5. The van der Waals surface area contributed by atoms with E-state index in [0.717, 1.165) is 5.69 Å². The van der Waals surface area contributed by atoms with Gasteiger partial charge in [0, 0.05) is 41.3 Å². The molecule has 1 fully saturated rings. The lowest BCUT2D eigenvalue weighted by Gasteiger charge is -2.15. The van der Waals surface area contributed by atoms with Gasteiger partial charge in [-0.25, -0.2) is 4.39 Å². The molecule has 2 heterocycles. The lowest BCUT2D eigenvalue weighted by Crippen LogP contribution is -2.35. The van der Waals surface area contributed by atoms with Crippen LogP contribution in [0.3, 0.4) is 0 Å². The van der Waals surface area contributed by atoms with Crippen LogP contribution in [0.2, 0.25) is 5.02 Å². The normalized spacial score (nSPS) is 22.7. The fourth-order valence-electron chi connectivity index (χ4n) is 4.27. The maximum atomic E-state index is 14.5. The predicted molar refractivity (Wildman–Crippen MR) is 97.5 cm³/mol. The molecule has 2 atom stereocenters. The van der Waals surface area contributed by atoms with Crippen LogP contribution in [-0.2, 0) is 30.2 Å². The van der Waals surface area contributed by atoms with E-state index in [1.165, 1.54) is 12.1 Å². The summed E-state index contributed by atoms with van der Waals surface area (Å²) in [5.41, 5.74) is 1.41. The second-order valence-electron chi connectivity index (χ2n) is 7.37. The fourth-order valence-corrected chi connectivity index (χ4v) is 4.72. The molecule has 1 N–H and O–H groups in total. The molecule has 1 saturated carbocycles. The average Bonchev–Trinajstić information content (AvgIpc) is 3.17. The lowest BCUT2D eigenvalue weighted by atomic mass is 9.93. The van der Waals surface area contributed by atoms with Crippen LogP contribution in [0.5, 0.6) is 0 Å². The minimum absolute atomic E-state index is 0.0474. The van der Waals surface area contributed by atoms with Crippen LogP contribution in [0.25, 0.3) is 0 Å². The quantitative estimate of drug-likeness (QED) is 0.584. The number of hydrogen-bond donors (Lipinski definition) is 1. The number of nitrogens with one attached hydrogen (secondary N) is 1. The molecule has 1 aliphatic heterocycles. The molecule has 0 radical (unpaired) electrons. The standard InChI is InChI=1S/C18H16ClF4N3OS/c1-25-13(5-14(27)24-7-18(21,22)23)15-11-6-17(11,8-26(15)16(25)28)10-4-9(19)2-3-12(10)20/h2-4,11H,5-8H2,1H3,(H,24,27)/t11-,17+/m0/s1. The first-order chi connectivity index (χ1) is 13.0. The number of carbonyl (C=O) groups is 1. The molecule has 2 aliphatic rings. The smallest absolute Gasteiger partial charge is 0.347 e. The second-order valence-corrected chi connectivity index (χ2v) is 8.17. The summed E-state index contributed by atoms with van der Waals surface area (Å²) in [5.74, 6) is -1.13. The van der Waals surface area contributed by atoms with Crippen molar-refractivity contribution in [3.05, 3.63) is 50.8 Å². The number of rotatable bonds is 4. The number of aromatic nitrogens is 2. The van der Waals surface area contributed by atoms with Crippen LogP contribution >= 0.6 is 23.8 Å². The zero-order chi connectivity index (χ0) is 20.4. The van der Waals surface area contributed by atoms with Gasteiger partial charge in [-0.3, -0.25) is 4.79 Å². The summed E-state index contributed by atoms with van der Waals surface area (Å²) in [4.78, 5) is 12.0. The second kappa shape index (κ2) is 6.32. The molecule has 0 bridgehead atoms. The van der Waals surface area contributed by atoms with Crippen molar-refractivity contribution in [1.82, 2.24) is 14.5 Å². The lowest BCUT2D eigenvalue weighted by molar-refractivity contribution is -0.138. The van der Waals surface area contributed by atoms with Crippen molar-refractivity contribution in [1.29, 1.82) is 0 Å². The minimum atomic E-state index is -4.47. The number of halogens is 5. The van der Waals surface area contributed by atoms with Crippen molar-refractivity contribution in [3.63, 3.8) is 0 Å². The van der Waals surface area contributed by atoms with Gasteiger partial charge in [0.1, 0.15) is 12.4 Å². The van der Waals surface area contributed by atoms with Crippen LogP contribution in [0.15, 0.2) is 18.2 Å². The number of imidazole rings is 1. The molecule has 150 valence electrons. The van der Waals surface area contributed by atoms with E-state index in [2.05, 4.69) is 0 Å². The first kappa shape index (κ1) is 19.4. The summed E-state index contributed by atoms with van der Waals surface area (Å²) in [5, 5.41) is 2.32. The van der Waals surface area contributed by atoms with E-state index in [9.17, 15) is 22.4 Å². The Kier molecular flexibility index (Phi) is 4.39. The van der Waals surface area contributed by atoms with Crippen molar-refractivity contribution in [3.8, 4) is 0 Å². The number of hydrogen-bond acceptors (Lipinski definition) is 2. The summed E-state index contributed by atoms with van der Waals surface area (Å²) in [6, 6.07) is 4.43. The highest BCUT2D eigenvalue weighted by molar-refractivity contribution is 7.71. The van der Waals surface area contributed by atoms with Gasteiger partial charge in [-0.2, -0.15) is 13.2 Å². The SMILES string of the molecule is Cn1c(CC(=O)NCC(F)(F)F)c2n(c1=S)C[C@@]1(c3cc(Cl)ccc3F)C[C@@H]21. The molecule has 1 aromatic heterocycles. The Bertz CT molecular complexity index is 1040. The summed E-state index contributed by atoms with van der Waals surface area (Å²) in [7, 11) is 1.68. The van der Waals surface area contributed by atoms with Crippen molar-refractivity contribution in [2.75, 3.05) is 6.54 Å². The van der Waals surface area contributed by atoms with Crippen LogP contribution in [0.4, 0.5) is 17.6 Å². The minimum Gasteiger partial charge on any atom is -0.347 e. The molecule has 1 aromatic carbocycles. The Hall–Kier alpha value is -1.87. The zero-order valence-electron chi connectivity index (χ0n) is 14.7. The topological polar surface area (TPSA) is 39.0 Å². The van der Waals surface area contributed by atoms with Gasteiger partial charge >= 0.3 is 6.18 Å². The van der Waals surface area contributed by atoms with Crippen LogP contribution < -0.4 is 5.32 Å². The third kappa shape index (κ3) is 3.04. The van der Waals surface area contributed by atoms with Crippen LogP contribution in [0, 0.1) is 10.6 Å². The average molecular weight is 434 g/mol. The third-order valence-electron chi connectivity index (χ3n) is 5.63. The Morgan fingerprint density at radius 3 is 2.82 bits per heavy atom. The number of benzene rings is 1. The number of alkyl halides is 3. The van der Waals surface area contributed by atoms with E-state index in [4.69, 9.17) is 23.8 Å². The number of nitrogens with zero attached hydrogens (tertiary/aromatic N) is 2. The summed E-state index contributed by atoms with van der Waals surface area (Å²) in [6.07, 6.45) is -4.01. The van der Waals surface area contributed by atoms with E-state index in [-0.39, 0.29) is 18.2 Å². The van der Waals surface area contributed by atoms with E-state index < -0.39 is 24.0 Å². The van der Waals surface area contributed by atoms with Crippen molar-refractivity contribution in [2.45, 2.75) is 36.9 Å². The monoisotopic (exact) mass is 433 g/mol. The Balaban J connectivity index is 1.64. The third-order valence-corrected chi connectivity index (χ3v) is 6.36. The van der Waals surface area contributed by atoms with E-state index in [1.54, 1.807) is 17.7 Å². The molecule has 0 spiro atoms. The molecule has 0 unspecified atom stereocenters. The molecule has 4 rings (SSSR count). The molecule has 0 saturated heterocycles. The fraction of sp³-hybridized carbons (Fsp3) is 0.444. The molecule has 2 aromatic rings. The molecule has 1 amide bonds. The summed E-state index contributed by atoms with van der Waals surface area (Å²) < 4.78 is 55.5. The highest BCUT2D eigenvalue weighted by atomic mass is 35.5. The van der Waals surface area contributed by atoms with Crippen LogP contribution in [0.1, 0.15) is 29.3 Å². The van der Waals surface area contributed by atoms with Gasteiger partial charge in [-0.15, -0.1) is 0 Å². The Morgan fingerprint density at radius 2 is 2.14 bits per heavy atom. The van der Waals surface area contributed by atoms with E-state index in [1.807, 2.05) is 9.88 Å². The van der Waals surface area contributed by atoms with Gasteiger partial charge in [-0.05, 0) is 42.4 Å². The molecular formula is C18H16ClF4N3OS. The first-order valence-corrected chi connectivity index (χ1v) is 9.39. The Labute approximate surface area is 168 Å². The molecule has 10 heteroatoms.